The first-order chi connectivity index (χ1) is 7.81. The van der Waals surface area contributed by atoms with Crippen molar-refractivity contribution in [1.82, 2.24) is 5.32 Å². The van der Waals surface area contributed by atoms with Gasteiger partial charge < -0.3 is 19.9 Å². The molecule has 17 heavy (non-hydrogen) atoms. The van der Waals surface area contributed by atoms with Crippen LogP contribution in [0.4, 0.5) is 0 Å². The van der Waals surface area contributed by atoms with Crippen LogP contribution in [0.2, 0.25) is 0 Å². The van der Waals surface area contributed by atoms with Crippen molar-refractivity contribution in [2.45, 2.75) is 44.8 Å². The standard InChI is InChI=1S/C12H23NO4/c1-11(2,3)17-10(14)8-13-9-12(15)4-6-16-7-5-12/h13,15H,4-9H2,1-3H3. The number of ether oxygens (including phenoxy) is 2. The van der Waals surface area contributed by atoms with Crippen LogP contribution in [0.25, 0.3) is 0 Å². The van der Waals surface area contributed by atoms with Crippen molar-refractivity contribution in [1.29, 1.82) is 0 Å². The van der Waals surface area contributed by atoms with Crippen molar-refractivity contribution in [2.24, 2.45) is 0 Å². The van der Waals surface area contributed by atoms with E-state index in [-0.39, 0.29) is 12.5 Å². The number of carbonyl (C=O) groups excluding carboxylic acids is 1. The molecular formula is C12H23NO4. The normalized spacial score (nSPS) is 20.0. The molecule has 0 bridgehead atoms. The lowest BCUT2D eigenvalue weighted by Crippen LogP contribution is -2.46. The van der Waals surface area contributed by atoms with Crippen molar-refractivity contribution >= 4 is 5.97 Å². The summed E-state index contributed by atoms with van der Waals surface area (Å²) in [7, 11) is 0. The minimum atomic E-state index is -0.750. The number of carbonyl (C=O) groups is 1. The largest absolute Gasteiger partial charge is 0.459 e. The Hall–Kier alpha value is -0.650. The fourth-order valence-electron chi connectivity index (χ4n) is 1.70. The number of hydrogen-bond acceptors (Lipinski definition) is 5. The van der Waals surface area contributed by atoms with Crippen LogP contribution in [-0.2, 0) is 14.3 Å². The molecule has 0 saturated carbocycles. The molecule has 0 aromatic heterocycles. The molecule has 5 nitrogen and oxygen atoms in total. The second kappa shape index (κ2) is 5.80. The minimum absolute atomic E-state index is 0.125. The van der Waals surface area contributed by atoms with Crippen LogP contribution in [0.1, 0.15) is 33.6 Å². The first-order valence-corrected chi connectivity index (χ1v) is 6.03. The number of esters is 1. The van der Waals surface area contributed by atoms with Gasteiger partial charge in [0.15, 0.2) is 0 Å². The maximum atomic E-state index is 11.4. The van der Waals surface area contributed by atoms with E-state index in [1.807, 2.05) is 20.8 Å². The molecule has 0 spiro atoms. The average molecular weight is 245 g/mol. The lowest BCUT2D eigenvalue weighted by atomic mass is 9.94. The van der Waals surface area contributed by atoms with Crippen molar-refractivity contribution in [2.75, 3.05) is 26.3 Å². The van der Waals surface area contributed by atoms with E-state index in [0.29, 0.717) is 32.6 Å². The second-order valence-corrected chi connectivity index (χ2v) is 5.53. The van der Waals surface area contributed by atoms with Crippen LogP contribution < -0.4 is 5.32 Å². The molecule has 0 unspecified atom stereocenters. The van der Waals surface area contributed by atoms with Crippen molar-refractivity contribution in [3.63, 3.8) is 0 Å². The van der Waals surface area contributed by atoms with E-state index in [4.69, 9.17) is 9.47 Å². The van der Waals surface area contributed by atoms with Crippen molar-refractivity contribution < 1.29 is 19.4 Å². The highest BCUT2D eigenvalue weighted by atomic mass is 16.6. The Kier molecular flexibility index (Phi) is 4.91. The third kappa shape index (κ3) is 6.00. The van der Waals surface area contributed by atoms with Gasteiger partial charge in [-0.25, -0.2) is 0 Å². The molecule has 2 N–H and O–H groups in total. The summed E-state index contributed by atoms with van der Waals surface area (Å²) in [6, 6.07) is 0. The molecule has 1 aliphatic heterocycles. The Bertz CT molecular complexity index is 254. The molecule has 1 saturated heterocycles. The van der Waals surface area contributed by atoms with Gasteiger partial charge >= 0.3 is 5.97 Å². The Morgan fingerprint density at radius 3 is 2.53 bits per heavy atom. The van der Waals surface area contributed by atoms with Crippen LogP contribution in [0.5, 0.6) is 0 Å². The van der Waals surface area contributed by atoms with E-state index in [2.05, 4.69) is 5.32 Å². The van der Waals surface area contributed by atoms with Gasteiger partial charge in [-0.05, 0) is 20.8 Å². The van der Waals surface area contributed by atoms with Crippen molar-refractivity contribution in [3.8, 4) is 0 Å². The molecule has 1 aliphatic rings. The van der Waals surface area contributed by atoms with Gasteiger partial charge in [-0.15, -0.1) is 0 Å². The zero-order valence-electron chi connectivity index (χ0n) is 10.9. The average Bonchev–Trinajstić information content (AvgIpc) is 2.15. The lowest BCUT2D eigenvalue weighted by Gasteiger charge is -2.32. The maximum Gasteiger partial charge on any atom is 0.320 e. The highest BCUT2D eigenvalue weighted by Crippen LogP contribution is 2.19. The molecule has 0 radical (unpaired) electrons. The summed E-state index contributed by atoms with van der Waals surface area (Å²) in [5.74, 6) is -0.298. The minimum Gasteiger partial charge on any atom is -0.459 e. The topological polar surface area (TPSA) is 67.8 Å². The van der Waals surface area contributed by atoms with E-state index in [9.17, 15) is 9.90 Å². The van der Waals surface area contributed by atoms with Gasteiger partial charge in [0.2, 0.25) is 0 Å². The third-order valence-electron chi connectivity index (χ3n) is 2.57. The summed E-state index contributed by atoms with van der Waals surface area (Å²) in [5.41, 5.74) is -1.21. The van der Waals surface area contributed by atoms with Gasteiger partial charge in [-0.1, -0.05) is 0 Å². The van der Waals surface area contributed by atoms with Crippen LogP contribution >= 0.6 is 0 Å². The smallest absolute Gasteiger partial charge is 0.320 e. The number of nitrogens with one attached hydrogen (secondary N) is 1. The zero-order chi connectivity index (χ0) is 12.9. The van der Waals surface area contributed by atoms with Crippen LogP contribution in [-0.4, -0.2) is 48.6 Å². The van der Waals surface area contributed by atoms with Gasteiger partial charge in [-0.2, -0.15) is 0 Å². The fourth-order valence-corrected chi connectivity index (χ4v) is 1.70. The molecule has 1 heterocycles. The maximum absolute atomic E-state index is 11.4. The lowest BCUT2D eigenvalue weighted by molar-refractivity contribution is -0.153. The molecule has 0 aromatic rings. The molecule has 5 heteroatoms. The fraction of sp³-hybridized carbons (Fsp3) is 0.917. The first kappa shape index (κ1) is 14.4. The Labute approximate surface area is 102 Å². The number of rotatable bonds is 4. The molecule has 0 aliphatic carbocycles. The molecule has 0 atom stereocenters. The van der Waals surface area contributed by atoms with E-state index >= 15 is 0 Å². The van der Waals surface area contributed by atoms with E-state index in [1.165, 1.54) is 0 Å². The first-order valence-electron chi connectivity index (χ1n) is 6.03. The summed E-state index contributed by atoms with van der Waals surface area (Å²) in [5, 5.41) is 13.1. The molecule has 100 valence electrons. The highest BCUT2D eigenvalue weighted by molar-refractivity contribution is 5.72. The Morgan fingerprint density at radius 2 is 2.00 bits per heavy atom. The quantitative estimate of drug-likeness (QED) is 0.704. The van der Waals surface area contributed by atoms with E-state index in [0.717, 1.165) is 0 Å². The van der Waals surface area contributed by atoms with Gasteiger partial charge in [0, 0.05) is 32.6 Å². The van der Waals surface area contributed by atoms with Gasteiger partial charge in [0.05, 0.1) is 12.1 Å². The summed E-state index contributed by atoms with van der Waals surface area (Å²) >= 11 is 0. The summed E-state index contributed by atoms with van der Waals surface area (Å²) in [6.07, 6.45) is 1.21. The van der Waals surface area contributed by atoms with Crippen LogP contribution in [0.15, 0.2) is 0 Å². The number of aliphatic hydroxyl groups is 1. The molecule has 0 amide bonds. The zero-order valence-corrected chi connectivity index (χ0v) is 10.9. The summed E-state index contributed by atoms with van der Waals surface area (Å²) < 4.78 is 10.3. The van der Waals surface area contributed by atoms with Crippen LogP contribution in [0, 0.1) is 0 Å². The summed E-state index contributed by atoms with van der Waals surface area (Å²) in [6.45, 7) is 7.16. The monoisotopic (exact) mass is 245 g/mol. The Balaban J connectivity index is 2.20. The molecule has 0 aromatic carbocycles. The highest BCUT2D eigenvalue weighted by Gasteiger charge is 2.29. The third-order valence-corrected chi connectivity index (χ3v) is 2.57. The summed E-state index contributed by atoms with van der Waals surface area (Å²) in [4.78, 5) is 11.4. The van der Waals surface area contributed by atoms with Crippen molar-refractivity contribution in [3.05, 3.63) is 0 Å². The second-order valence-electron chi connectivity index (χ2n) is 5.53. The Morgan fingerprint density at radius 1 is 1.41 bits per heavy atom. The van der Waals surface area contributed by atoms with Gasteiger partial charge in [0.25, 0.3) is 0 Å². The van der Waals surface area contributed by atoms with Gasteiger partial charge in [-0.3, -0.25) is 4.79 Å². The van der Waals surface area contributed by atoms with Crippen LogP contribution in [0.3, 0.4) is 0 Å². The SMILES string of the molecule is CC(C)(C)OC(=O)CNCC1(O)CCOCC1. The molecule has 1 rings (SSSR count). The predicted octanol–water partition coefficient (Wildman–Crippen LogP) is 0.459. The van der Waals surface area contributed by atoms with Gasteiger partial charge in [0.1, 0.15) is 5.60 Å². The molecule has 1 fully saturated rings. The predicted molar refractivity (Wildman–Crippen MR) is 63.7 cm³/mol. The van der Waals surface area contributed by atoms with E-state index in [1.54, 1.807) is 0 Å². The molecular weight excluding hydrogens is 222 g/mol. The number of hydrogen-bond donors (Lipinski definition) is 2. The van der Waals surface area contributed by atoms with E-state index < -0.39 is 11.2 Å².